The molecule has 2 aromatic carbocycles. The summed E-state index contributed by atoms with van der Waals surface area (Å²) in [7, 11) is 0. The summed E-state index contributed by atoms with van der Waals surface area (Å²) in [5.74, 6) is -0.380. The van der Waals surface area contributed by atoms with Crippen LogP contribution in [0.2, 0.25) is 10.0 Å². The van der Waals surface area contributed by atoms with Gasteiger partial charge in [-0.25, -0.2) is 5.43 Å². The molecule has 3 N–H and O–H groups in total. The number of aryl methyl sites for hydroxylation is 1. The molecule has 0 aromatic heterocycles. The number of aromatic hydroxyl groups is 2. The molecule has 0 spiro atoms. The molecule has 0 fully saturated rings. The van der Waals surface area contributed by atoms with Crippen molar-refractivity contribution >= 4 is 35.3 Å². The first-order chi connectivity index (χ1) is 11.4. The number of phenolic OH excluding ortho intramolecular Hbond substituents is 2. The van der Waals surface area contributed by atoms with Gasteiger partial charge in [0, 0.05) is 16.7 Å². The number of hydrazone groups is 1. The van der Waals surface area contributed by atoms with Crippen molar-refractivity contribution in [2.45, 2.75) is 6.92 Å². The Morgan fingerprint density at radius 2 is 2.04 bits per heavy atom. The fraction of sp³-hybridized carbons (Fsp3) is 0.125. The molecule has 2 rings (SSSR count). The van der Waals surface area contributed by atoms with Crippen molar-refractivity contribution in [1.29, 1.82) is 0 Å². The Morgan fingerprint density at radius 1 is 1.29 bits per heavy atom. The molecular weight excluding hydrogens is 355 g/mol. The third-order valence-electron chi connectivity index (χ3n) is 2.99. The number of nitrogens with zero attached hydrogens (tertiary/aromatic N) is 1. The number of halogens is 2. The number of hydrogen-bond donors (Lipinski definition) is 3. The molecule has 0 heterocycles. The van der Waals surface area contributed by atoms with Crippen LogP contribution in [0.5, 0.6) is 17.2 Å². The molecule has 0 aliphatic rings. The van der Waals surface area contributed by atoms with Gasteiger partial charge in [0.1, 0.15) is 17.2 Å². The van der Waals surface area contributed by atoms with Crippen molar-refractivity contribution in [1.82, 2.24) is 5.43 Å². The van der Waals surface area contributed by atoms with Gasteiger partial charge in [0.05, 0.1) is 11.2 Å². The van der Waals surface area contributed by atoms with Gasteiger partial charge in [-0.3, -0.25) is 4.79 Å². The first-order valence-electron chi connectivity index (χ1n) is 6.79. The van der Waals surface area contributed by atoms with Gasteiger partial charge < -0.3 is 14.9 Å². The number of phenols is 2. The molecule has 0 saturated carbocycles. The average Bonchev–Trinajstić information content (AvgIpc) is 2.49. The summed E-state index contributed by atoms with van der Waals surface area (Å²) in [6.45, 7) is 1.40. The molecule has 8 heteroatoms. The van der Waals surface area contributed by atoms with Gasteiger partial charge in [0.15, 0.2) is 6.61 Å². The van der Waals surface area contributed by atoms with Crippen molar-refractivity contribution in [3.8, 4) is 17.2 Å². The Balaban J connectivity index is 1.91. The van der Waals surface area contributed by atoms with E-state index in [1.807, 2.05) is 0 Å². The van der Waals surface area contributed by atoms with E-state index in [4.69, 9.17) is 27.9 Å². The van der Waals surface area contributed by atoms with Crippen LogP contribution in [-0.2, 0) is 4.79 Å². The van der Waals surface area contributed by atoms with E-state index in [2.05, 4.69) is 10.5 Å². The summed E-state index contributed by atoms with van der Waals surface area (Å²) in [6, 6.07) is 7.30. The highest BCUT2D eigenvalue weighted by molar-refractivity contribution is 6.35. The minimum Gasteiger partial charge on any atom is -0.508 e. The molecule has 126 valence electrons. The highest BCUT2D eigenvalue weighted by atomic mass is 35.5. The SMILES string of the molecule is Cc1cc(O)cc(O)c1C=NNC(=O)COc1ccc(Cl)cc1Cl. The summed E-state index contributed by atoms with van der Waals surface area (Å²) in [6.07, 6.45) is 1.28. The maximum Gasteiger partial charge on any atom is 0.277 e. The highest BCUT2D eigenvalue weighted by Crippen LogP contribution is 2.27. The summed E-state index contributed by atoms with van der Waals surface area (Å²) in [4.78, 5) is 11.7. The monoisotopic (exact) mass is 368 g/mol. The van der Waals surface area contributed by atoms with Crippen LogP contribution in [0.1, 0.15) is 11.1 Å². The van der Waals surface area contributed by atoms with Crippen LogP contribution < -0.4 is 10.2 Å². The third kappa shape index (κ3) is 4.78. The van der Waals surface area contributed by atoms with Crippen LogP contribution in [-0.4, -0.2) is 28.9 Å². The Hall–Kier alpha value is -2.44. The fourth-order valence-electron chi connectivity index (χ4n) is 1.87. The third-order valence-corrected chi connectivity index (χ3v) is 3.52. The number of benzene rings is 2. The van der Waals surface area contributed by atoms with Crippen LogP contribution in [0.3, 0.4) is 0 Å². The minimum atomic E-state index is -0.506. The van der Waals surface area contributed by atoms with Crippen molar-refractivity contribution in [2.75, 3.05) is 6.61 Å². The van der Waals surface area contributed by atoms with E-state index in [1.165, 1.54) is 24.4 Å². The molecule has 0 aliphatic carbocycles. The van der Waals surface area contributed by atoms with Crippen molar-refractivity contribution in [3.63, 3.8) is 0 Å². The molecule has 1 amide bonds. The predicted octanol–water partition coefficient (Wildman–Crippen LogP) is 3.24. The molecule has 0 radical (unpaired) electrons. The maximum atomic E-state index is 11.7. The summed E-state index contributed by atoms with van der Waals surface area (Å²) in [5, 5.41) is 23.6. The van der Waals surface area contributed by atoms with E-state index in [0.717, 1.165) is 0 Å². The van der Waals surface area contributed by atoms with Crippen molar-refractivity contribution in [3.05, 3.63) is 51.5 Å². The van der Waals surface area contributed by atoms with E-state index in [-0.39, 0.29) is 18.1 Å². The van der Waals surface area contributed by atoms with Gasteiger partial charge in [-0.15, -0.1) is 0 Å². The summed E-state index contributed by atoms with van der Waals surface area (Å²) < 4.78 is 5.26. The Morgan fingerprint density at radius 3 is 2.71 bits per heavy atom. The molecule has 2 aromatic rings. The van der Waals surface area contributed by atoms with Gasteiger partial charge in [0.25, 0.3) is 5.91 Å². The fourth-order valence-corrected chi connectivity index (χ4v) is 2.33. The number of hydrogen-bond acceptors (Lipinski definition) is 5. The van der Waals surface area contributed by atoms with Crippen LogP contribution in [0, 0.1) is 6.92 Å². The number of ether oxygens (including phenoxy) is 1. The Bertz CT molecular complexity index is 771. The zero-order valence-electron chi connectivity index (χ0n) is 12.6. The first-order valence-corrected chi connectivity index (χ1v) is 7.54. The highest BCUT2D eigenvalue weighted by Gasteiger charge is 2.07. The number of rotatable bonds is 5. The molecule has 0 aliphatic heterocycles. The molecule has 0 atom stereocenters. The van der Waals surface area contributed by atoms with Crippen molar-refractivity contribution < 1.29 is 19.7 Å². The lowest BCUT2D eigenvalue weighted by molar-refractivity contribution is -0.123. The van der Waals surface area contributed by atoms with E-state index in [0.29, 0.717) is 26.9 Å². The molecule has 0 unspecified atom stereocenters. The molecule has 24 heavy (non-hydrogen) atoms. The van der Waals surface area contributed by atoms with E-state index >= 15 is 0 Å². The molecule has 0 saturated heterocycles. The van der Waals surface area contributed by atoms with Crippen LogP contribution >= 0.6 is 23.2 Å². The number of carbonyl (C=O) groups excluding carboxylic acids is 1. The topological polar surface area (TPSA) is 91.1 Å². The smallest absolute Gasteiger partial charge is 0.277 e. The van der Waals surface area contributed by atoms with Crippen LogP contribution in [0.15, 0.2) is 35.4 Å². The quantitative estimate of drug-likeness (QED) is 0.557. The molecule has 6 nitrogen and oxygen atoms in total. The number of carbonyl (C=O) groups is 1. The zero-order chi connectivity index (χ0) is 17.7. The lowest BCUT2D eigenvalue weighted by Crippen LogP contribution is -2.24. The second-order valence-corrected chi connectivity index (χ2v) is 5.70. The lowest BCUT2D eigenvalue weighted by atomic mass is 10.1. The molecule has 0 bridgehead atoms. The average molecular weight is 369 g/mol. The van der Waals surface area contributed by atoms with Crippen LogP contribution in [0.4, 0.5) is 0 Å². The first kappa shape index (κ1) is 17.9. The summed E-state index contributed by atoms with van der Waals surface area (Å²) >= 11 is 11.7. The van der Waals surface area contributed by atoms with E-state index < -0.39 is 5.91 Å². The second-order valence-electron chi connectivity index (χ2n) is 4.85. The van der Waals surface area contributed by atoms with E-state index in [9.17, 15) is 15.0 Å². The zero-order valence-corrected chi connectivity index (χ0v) is 14.1. The van der Waals surface area contributed by atoms with Gasteiger partial charge in [0.2, 0.25) is 0 Å². The van der Waals surface area contributed by atoms with Gasteiger partial charge in [-0.1, -0.05) is 23.2 Å². The Kier molecular flexibility index (Phi) is 5.89. The second kappa shape index (κ2) is 7.90. The van der Waals surface area contributed by atoms with Gasteiger partial charge in [-0.2, -0.15) is 5.10 Å². The molecular formula is C16H14Cl2N2O4. The van der Waals surface area contributed by atoms with Crippen LogP contribution in [0.25, 0.3) is 0 Å². The standard InChI is InChI=1S/C16H14Cl2N2O4/c1-9-4-11(21)6-14(22)12(9)7-19-20-16(23)8-24-15-3-2-10(17)5-13(15)18/h2-7,21-22H,8H2,1H3,(H,20,23). The van der Waals surface area contributed by atoms with Crippen molar-refractivity contribution in [2.24, 2.45) is 5.10 Å². The largest absolute Gasteiger partial charge is 0.508 e. The number of amides is 1. The minimum absolute atomic E-state index is 0.0561. The summed E-state index contributed by atoms with van der Waals surface area (Å²) in [5.41, 5.74) is 3.25. The lowest BCUT2D eigenvalue weighted by Gasteiger charge is -2.07. The number of nitrogens with one attached hydrogen (secondary N) is 1. The van der Waals surface area contributed by atoms with E-state index in [1.54, 1.807) is 19.1 Å². The normalized spacial score (nSPS) is 10.8. The predicted molar refractivity (Wildman–Crippen MR) is 92.2 cm³/mol. The van der Waals surface area contributed by atoms with Gasteiger partial charge >= 0.3 is 0 Å². The van der Waals surface area contributed by atoms with Gasteiger partial charge in [-0.05, 0) is 36.8 Å². The Labute approximate surface area is 148 Å². The maximum absolute atomic E-state index is 11.7.